The molecule has 4 aromatic carbocycles. The summed E-state index contributed by atoms with van der Waals surface area (Å²) in [5.41, 5.74) is 3.67. The monoisotopic (exact) mass is 557 g/mol. The molecule has 4 aromatic rings. The Morgan fingerprint density at radius 3 is 1.92 bits per heavy atom. The molecule has 2 atom stereocenters. The fourth-order valence-corrected chi connectivity index (χ4v) is 6.33. The van der Waals surface area contributed by atoms with E-state index >= 15 is 0 Å². The first-order valence-corrected chi connectivity index (χ1v) is 13.8. The third-order valence-electron chi connectivity index (χ3n) is 6.42. The zero-order chi connectivity index (χ0) is 25.3. The number of sulfonamides is 1. The highest BCUT2D eigenvalue weighted by Gasteiger charge is 2.44. The highest BCUT2D eigenvalue weighted by molar-refractivity contribution is 9.10. The Bertz CT molecular complexity index is 1520. The maximum Gasteiger partial charge on any atom is 0.270 e. The lowest BCUT2D eigenvalue weighted by atomic mass is 9.78. The van der Waals surface area contributed by atoms with Crippen LogP contribution in [0.2, 0.25) is 0 Å². The number of allylic oxidation sites excluding steroid dienone is 1. The first-order valence-electron chi connectivity index (χ1n) is 11.6. The molecule has 1 aliphatic heterocycles. The van der Waals surface area contributed by atoms with E-state index in [0.717, 1.165) is 25.5 Å². The Hall–Kier alpha value is -3.48. The molecule has 36 heavy (non-hydrogen) atoms. The first-order chi connectivity index (χ1) is 17.4. The SMILES string of the molecule is Cc1ccc(S(=O)(=O)N2C(=O)[C@@H](c3ccc(Br)cc3)[C@H](c3ccccc3)C=C2c2ccccc2)cc1. The van der Waals surface area contributed by atoms with Gasteiger partial charge in [0.1, 0.15) is 0 Å². The quantitative estimate of drug-likeness (QED) is 0.268. The fraction of sp³-hybridized carbons (Fsp3) is 0.100. The Morgan fingerprint density at radius 1 is 0.722 bits per heavy atom. The van der Waals surface area contributed by atoms with Gasteiger partial charge in [-0.2, -0.15) is 0 Å². The summed E-state index contributed by atoms with van der Waals surface area (Å²) in [6, 6.07) is 33.1. The van der Waals surface area contributed by atoms with Crippen LogP contribution in [0.3, 0.4) is 0 Å². The number of halogens is 1. The minimum absolute atomic E-state index is 0.0796. The Morgan fingerprint density at radius 2 is 1.31 bits per heavy atom. The largest absolute Gasteiger partial charge is 0.273 e. The van der Waals surface area contributed by atoms with Crippen LogP contribution in [0.15, 0.2) is 125 Å². The number of hydrogen-bond donors (Lipinski definition) is 0. The molecule has 0 aromatic heterocycles. The molecule has 0 aliphatic carbocycles. The van der Waals surface area contributed by atoms with Crippen molar-refractivity contribution in [3.63, 3.8) is 0 Å². The number of hydrogen-bond acceptors (Lipinski definition) is 3. The zero-order valence-corrected chi connectivity index (χ0v) is 22.0. The maximum absolute atomic E-state index is 14.4. The van der Waals surface area contributed by atoms with Gasteiger partial charge in [-0.1, -0.05) is 112 Å². The third-order valence-corrected chi connectivity index (χ3v) is 8.68. The van der Waals surface area contributed by atoms with E-state index in [0.29, 0.717) is 11.3 Å². The molecule has 0 saturated heterocycles. The second kappa shape index (κ2) is 9.88. The van der Waals surface area contributed by atoms with Gasteiger partial charge in [0.15, 0.2) is 0 Å². The molecule has 0 saturated carbocycles. The number of aryl methyl sites for hydroxylation is 1. The van der Waals surface area contributed by atoms with Gasteiger partial charge in [-0.15, -0.1) is 0 Å². The van der Waals surface area contributed by atoms with Crippen molar-refractivity contribution in [1.82, 2.24) is 4.31 Å². The van der Waals surface area contributed by atoms with E-state index in [1.54, 1.807) is 24.3 Å². The minimum Gasteiger partial charge on any atom is -0.273 e. The normalized spacial score (nSPS) is 18.1. The van der Waals surface area contributed by atoms with E-state index in [-0.39, 0.29) is 10.8 Å². The van der Waals surface area contributed by atoms with Gasteiger partial charge >= 0.3 is 0 Å². The van der Waals surface area contributed by atoms with Crippen LogP contribution in [0, 0.1) is 6.92 Å². The van der Waals surface area contributed by atoms with Gasteiger partial charge in [-0.05, 0) is 47.9 Å². The lowest BCUT2D eigenvalue weighted by molar-refractivity contribution is -0.126. The number of amides is 1. The van der Waals surface area contributed by atoms with Crippen LogP contribution in [0.4, 0.5) is 0 Å². The summed E-state index contributed by atoms with van der Waals surface area (Å²) in [6.45, 7) is 1.89. The van der Waals surface area contributed by atoms with Crippen LogP contribution in [0.1, 0.15) is 34.1 Å². The molecular weight excluding hydrogens is 534 g/mol. The average molecular weight is 558 g/mol. The van der Waals surface area contributed by atoms with E-state index in [4.69, 9.17) is 0 Å². The summed E-state index contributed by atoms with van der Waals surface area (Å²) in [6.07, 6.45) is 1.92. The van der Waals surface area contributed by atoms with Crippen molar-refractivity contribution >= 4 is 37.6 Å². The van der Waals surface area contributed by atoms with E-state index in [1.807, 2.05) is 97.9 Å². The highest BCUT2D eigenvalue weighted by Crippen LogP contribution is 2.45. The predicted octanol–water partition coefficient (Wildman–Crippen LogP) is 6.90. The van der Waals surface area contributed by atoms with Crippen LogP contribution in [0.25, 0.3) is 5.70 Å². The lowest BCUT2D eigenvalue weighted by Crippen LogP contribution is -2.43. The molecule has 1 heterocycles. The molecular formula is C30H24BrNO3S. The van der Waals surface area contributed by atoms with E-state index in [9.17, 15) is 13.2 Å². The van der Waals surface area contributed by atoms with Crippen LogP contribution in [-0.4, -0.2) is 18.6 Å². The van der Waals surface area contributed by atoms with Crippen molar-refractivity contribution in [3.05, 3.63) is 142 Å². The zero-order valence-electron chi connectivity index (χ0n) is 19.6. The molecule has 6 heteroatoms. The van der Waals surface area contributed by atoms with Gasteiger partial charge < -0.3 is 0 Å². The van der Waals surface area contributed by atoms with E-state index < -0.39 is 21.8 Å². The lowest BCUT2D eigenvalue weighted by Gasteiger charge is -2.37. The Kier molecular flexibility index (Phi) is 6.65. The molecule has 4 nitrogen and oxygen atoms in total. The molecule has 1 amide bonds. The molecule has 5 rings (SSSR count). The molecule has 0 spiro atoms. The Balaban J connectivity index is 1.76. The molecule has 0 N–H and O–H groups in total. The fourth-order valence-electron chi connectivity index (χ4n) is 4.60. The van der Waals surface area contributed by atoms with E-state index in [2.05, 4.69) is 15.9 Å². The smallest absolute Gasteiger partial charge is 0.270 e. The van der Waals surface area contributed by atoms with E-state index in [1.165, 1.54) is 0 Å². The van der Waals surface area contributed by atoms with Crippen molar-refractivity contribution < 1.29 is 13.2 Å². The number of rotatable bonds is 5. The van der Waals surface area contributed by atoms with Crippen molar-refractivity contribution in [2.24, 2.45) is 0 Å². The molecule has 1 aliphatic rings. The summed E-state index contributed by atoms with van der Waals surface area (Å²) < 4.78 is 29.9. The number of benzene rings is 4. The van der Waals surface area contributed by atoms with Gasteiger partial charge in [0.2, 0.25) is 5.91 Å². The van der Waals surface area contributed by atoms with Crippen molar-refractivity contribution in [2.45, 2.75) is 23.7 Å². The van der Waals surface area contributed by atoms with Crippen LogP contribution in [0.5, 0.6) is 0 Å². The van der Waals surface area contributed by atoms with Gasteiger partial charge in [-0.25, -0.2) is 12.7 Å². The predicted molar refractivity (Wildman–Crippen MR) is 146 cm³/mol. The summed E-state index contributed by atoms with van der Waals surface area (Å²) in [5, 5.41) is 0. The van der Waals surface area contributed by atoms with Crippen LogP contribution >= 0.6 is 15.9 Å². The maximum atomic E-state index is 14.4. The summed E-state index contributed by atoms with van der Waals surface area (Å²) in [5.74, 6) is -1.54. The minimum atomic E-state index is -4.17. The second-order valence-corrected chi connectivity index (χ2v) is 11.5. The van der Waals surface area contributed by atoms with Crippen LogP contribution < -0.4 is 0 Å². The molecule has 0 radical (unpaired) electrons. The average Bonchev–Trinajstić information content (AvgIpc) is 2.90. The van der Waals surface area contributed by atoms with Crippen molar-refractivity contribution in [2.75, 3.05) is 0 Å². The third kappa shape index (κ3) is 4.54. The van der Waals surface area contributed by atoms with Crippen molar-refractivity contribution in [1.29, 1.82) is 0 Å². The van der Waals surface area contributed by atoms with Crippen molar-refractivity contribution in [3.8, 4) is 0 Å². The topological polar surface area (TPSA) is 54.5 Å². The number of carbonyl (C=O) groups is 1. The van der Waals surface area contributed by atoms with Gasteiger partial charge in [0.25, 0.3) is 10.0 Å². The summed E-state index contributed by atoms with van der Waals surface area (Å²) in [4.78, 5) is 14.4. The number of carbonyl (C=O) groups excluding carboxylic acids is 1. The first kappa shape index (κ1) is 24.2. The van der Waals surface area contributed by atoms with Gasteiger partial charge in [0, 0.05) is 10.4 Å². The summed E-state index contributed by atoms with van der Waals surface area (Å²) >= 11 is 3.46. The summed E-state index contributed by atoms with van der Waals surface area (Å²) in [7, 11) is -4.17. The molecule has 0 unspecified atom stereocenters. The molecule has 0 fully saturated rings. The molecule has 180 valence electrons. The second-order valence-electron chi connectivity index (χ2n) is 8.80. The number of nitrogens with zero attached hydrogens (tertiary/aromatic N) is 1. The van der Waals surface area contributed by atoms with Gasteiger partial charge in [-0.3, -0.25) is 4.79 Å². The highest BCUT2D eigenvalue weighted by atomic mass is 79.9. The standard InChI is InChI=1S/C30H24BrNO3S/c1-21-12-18-26(19-13-21)36(34,35)32-28(23-10-6-3-7-11-23)20-27(22-8-4-2-5-9-22)29(30(32)33)24-14-16-25(31)17-15-24/h2-20,27,29H,1H3/t27-,29-/m0/s1. The molecule has 0 bridgehead atoms. The Labute approximate surface area is 220 Å². The van der Waals surface area contributed by atoms with Gasteiger partial charge in [0.05, 0.1) is 16.5 Å². The van der Waals surface area contributed by atoms with Crippen LogP contribution in [-0.2, 0) is 14.8 Å².